The number of nitrogens with one attached hydrogen (secondary N) is 1. The number of hydrogen-bond donors (Lipinski definition) is 2. The van der Waals surface area contributed by atoms with Crippen molar-refractivity contribution in [3.63, 3.8) is 0 Å². The molecule has 0 bridgehead atoms. The summed E-state index contributed by atoms with van der Waals surface area (Å²) in [7, 11) is 0. The smallest absolute Gasteiger partial charge is 0.254 e. The standard InChI is InChI=1S/C11H19N3O2/c1-4-14-6-10(5-12-14)11(16)13-9(3)8(2)7-15/h5-6,8-9,15H,4,7H2,1-3H3,(H,13,16). The number of aryl methyl sites for hydroxylation is 1. The number of nitrogens with zero attached hydrogens (tertiary/aromatic N) is 2. The van der Waals surface area contributed by atoms with Crippen LogP contribution in [0.25, 0.3) is 0 Å². The number of rotatable bonds is 5. The molecule has 1 rings (SSSR count). The maximum Gasteiger partial charge on any atom is 0.254 e. The van der Waals surface area contributed by atoms with E-state index >= 15 is 0 Å². The minimum absolute atomic E-state index is 0.0465. The van der Waals surface area contributed by atoms with Crippen LogP contribution >= 0.6 is 0 Å². The van der Waals surface area contributed by atoms with E-state index in [-0.39, 0.29) is 24.5 Å². The molecule has 0 saturated heterocycles. The van der Waals surface area contributed by atoms with Gasteiger partial charge in [-0.15, -0.1) is 0 Å². The average Bonchev–Trinajstić information content (AvgIpc) is 2.76. The summed E-state index contributed by atoms with van der Waals surface area (Å²) < 4.78 is 1.70. The summed E-state index contributed by atoms with van der Waals surface area (Å²) in [6.45, 7) is 6.54. The SMILES string of the molecule is CCn1cc(C(=O)NC(C)C(C)CO)cn1. The molecule has 5 heteroatoms. The largest absolute Gasteiger partial charge is 0.396 e. The van der Waals surface area contributed by atoms with Crippen LogP contribution in [0, 0.1) is 5.92 Å². The molecule has 2 atom stereocenters. The number of aliphatic hydroxyl groups excluding tert-OH is 1. The van der Waals surface area contributed by atoms with Gasteiger partial charge in [-0.3, -0.25) is 9.48 Å². The van der Waals surface area contributed by atoms with E-state index in [9.17, 15) is 4.79 Å². The van der Waals surface area contributed by atoms with Crippen LogP contribution in [0.15, 0.2) is 12.4 Å². The molecule has 0 aliphatic carbocycles. The zero-order chi connectivity index (χ0) is 12.1. The minimum Gasteiger partial charge on any atom is -0.396 e. The van der Waals surface area contributed by atoms with E-state index in [4.69, 9.17) is 5.11 Å². The van der Waals surface area contributed by atoms with Crippen molar-refractivity contribution in [2.24, 2.45) is 5.92 Å². The van der Waals surface area contributed by atoms with Gasteiger partial charge in [0.25, 0.3) is 5.91 Å². The van der Waals surface area contributed by atoms with Crippen LogP contribution in [0.5, 0.6) is 0 Å². The number of carbonyl (C=O) groups is 1. The van der Waals surface area contributed by atoms with Crippen LogP contribution < -0.4 is 5.32 Å². The topological polar surface area (TPSA) is 67.2 Å². The Labute approximate surface area is 95.5 Å². The predicted molar refractivity (Wildman–Crippen MR) is 61.1 cm³/mol. The van der Waals surface area contributed by atoms with E-state index in [1.54, 1.807) is 17.1 Å². The highest BCUT2D eigenvalue weighted by atomic mass is 16.3. The fourth-order valence-electron chi connectivity index (χ4n) is 1.24. The Kier molecular flexibility index (Phi) is 4.49. The molecule has 0 spiro atoms. The van der Waals surface area contributed by atoms with Crippen LogP contribution in [0.1, 0.15) is 31.1 Å². The first-order valence-corrected chi connectivity index (χ1v) is 5.52. The van der Waals surface area contributed by atoms with Crippen molar-refractivity contribution in [1.82, 2.24) is 15.1 Å². The van der Waals surface area contributed by atoms with Crippen LogP contribution in [-0.4, -0.2) is 33.4 Å². The molecule has 0 aliphatic heterocycles. The quantitative estimate of drug-likeness (QED) is 0.773. The highest BCUT2D eigenvalue weighted by Gasteiger charge is 2.15. The van der Waals surface area contributed by atoms with Crippen molar-refractivity contribution in [3.05, 3.63) is 18.0 Å². The third-order valence-electron chi connectivity index (χ3n) is 2.72. The lowest BCUT2D eigenvalue weighted by atomic mass is 10.1. The Morgan fingerprint density at radius 3 is 2.81 bits per heavy atom. The van der Waals surface area contributed by atoms with Crippen LogP contribution in [0.3, 0.4) is 0 Å². The van der Waals surface area contributed by atoms with Crippen molar-refractivity contribution in [3.8, 4) is 0 Å². The third kappa shape index (κ3) is 3.06. The number of aliphatic hydroxyl groups is 1. The number of aromatic nitrogens is 2. The second-order valence-corrected chi connectivity index (χ2v) is 4.01. The highest BCUT2D eigenvalue weighted by Crippen LogP contribution is 2.03. The van der Waals surface area contributed by atoms with Crippen molar-refractivity contribution >= 4 is 5.91 Å². The molecule has 0 fully saturated rings. The minimum atomic E-state index is -0.146. The van der Waals surface area contributed by atoms with Crippen molar-refractivity contribution in [1.29, 1.82) is 0 Å². The van der Waals surface area contributed by atoms with E-state index in [0.29, 0.717) is 5.56 Å². The Bertz CT molecular complexity index is 349. The van der Waals surface area contributed by atoms with E-state index in [0.717, 1.165) is 6.54 Å². The number of hydrogen-bond acceptors (Lipinski definition) is 3. The highest BCUT2D eigenvalue weighted by molar-refractivity contribution is 5.93. The summed E-state index contributed by atoms with van der Waals surface area (Å²) in [5.74, 6) is -0.0994. The lowest BCUT2D eigenvalue weighted by Gasteiger charge is -2.18. The van der Waals surface area contributed by atoms with Gasteiger partial charge < -0.3 is 10.4 Å². The number of amides is 1. The molecular weight excluding hydrogens is 206 g/mol. The summed E-state index contributed by atoms with van der Waals surface area (Å²) >= 11 is 0. The van der Waals surface area contributed by atoms with Crippen LogP contribution in [0.4, 0.5) is 0 Å². The van der Waals surface area contributed by atoms with Crippen molar-refractivity contribution in [2.75, 3.05) is 6.61 Å². The van der Waals surface area contributed by atoms with E-state index in [1.165, 1.54) is 0 Å². The number of carbonyl (C=O) groups excluding carboxylic acids is 1. The van der Waals surface area contributed by atoms with Gasteiger partial charge in [0, 0.05) is 25.4 Å². The molecule has 1 aromatic rings. The van der Waals surface area contributed by atoms with Gasteiger partial charge in [0.15, 0.2) is 0 Å². The molecule has 0 aliphatic rings. The fourth-order valence-corrected chi connectivity index (χ4v) is 1.24. The molecular formula is C11H19N3O2. The molecule has 0 aromatic carbocycles. The van der Waals surface area contributed by atoms with E-state index in [1.807, 2.05) is 20.8 Å². The average molecular weight is 225 g/mol. The second kappa shape index (κ2) is 5.65. The Balaban J connectivity index is 2.58. The second-order valence-electron chi connectivity index (χ2n) is 4.01. The zero-order valence-electron chi connectivity index (χ0n) is 9.97. The van der Waals surface area contributed by atoms with Gasteiger partial charge in [-0.1, -0.05) is 6.92 Å². The van der Waals surface area contributed by atoms with Crippen LogP contribution in [-0.2, 0) is 6.54 Å². The van der Waals surface area contributed by atoms with Gasteiger partial charge in [-0.05, 0) is 19.8 Å². The van der Waals surface area contributed by atoms with Gasteiger partial charge in [0.2, 0.25) is 0 Å². The molecule has 1 heterocycles. The maximum atomic E-state index is 11.8. The van der Waals surface area contributed by atoms with Gasteiger partial charge in [-0.2, -0.15) is 5.10 Å². The van der Waals surface area contributed by atoms with Crippen molar-refractivity contribution < 1.29 is 9.90 Å². The Morgan fingerprint density at radius 2 is 2.31 bits per heavy atom. The summed E-state index contributed by atoms with van der Waals surface area (Å²) in [5, 5.41) is 15.8. The molecule has 0 saturated carbocycles. The van der Waals surface area contributed by atoms with Crippen molar-refractivity contribution in [2.45, 2.75) is 33.4 Å². The first-order chi connectivity index (χ1) is 7.58. The molecule has 16 heavy (non-hydrogen) atoms. The first-order valence-electron chi connectivity index (χ1n) is 5.52. The maximum absolute atomic E-state index is 11.8. The fraction of sp³-hybridized carbons (Fsp3) is 0.636. The van der Waals surface area contributed by atoms with E-state index < -0.39 is 0 Å². The van der Waals surface area contributed by atoms with Gasteiger partial charge in [0.1, 0.15) is 0 Å². The lowest BCUT2D eigenvalue weighted by molar-refractivity contribution is 0.0916. The summed E-state index contributed by atoms with van der Waals surface area (Å²) in [6.07, 6.45) is 3.26. The zero-order valence-corrected chi connectivity index (χ0v) is 9.97. The summed E-state index contributed by atoms with van der Waals surface area (Å²) in [4.78, 5) is 11.8. The Morgan fingerprint density at radius 1 is 1.62 bits per heavy atom. The van der Waals surface area contributed by atoms with Gasteiger partial charge in [-0.25, -0.2) is 0 Å². The molecule has 90 valence electrons. The first kappa shape index (κ1) is 12.7. The molecule has 1 amide bonds. The monoisotopic (exact) mass is 225 g/mol. The lowest BCUT2D eigenvalue weighted by Crippen LogP contribution is -2.38. The van der Waals surface area contributed by atoms with Gasteiger partial charge >= 0.3 is 0 Å². The predicted octanol–water partition coefficient (Wildman–Crippen LogP) is 0.650. The molecule has 5 nitrogen and oxygen atoms in total. The van der Waals surface area contributed by atoms with Crippen LogP contribution in [0.2, 0.25) is 0 Å². The van der Waals surface area contributed by atoms with Gasteiger partial charge in [0.05, 0.1) is 11.8 Å². The normalized spacial score (nSPS) is 14.5. The molecule has 1 aromatic heterocycles. The van der Waals surface area contributed by atoms with E-state index in [2.05, 4.69) is 10.4 Å². The molecule has 2 unspecified atom stereocenters. The molecule has 0 radical (unpaired) electrons. The summed E-state index contributed by atoms with van der Waals surface area (Å²) in [5.41, 5.74) is 0.554. The Hall–Kier alpha value is -1.36. The molecule has 2 N–H and O–H groups in total. The summed E-state index contributed by atoms with van der Waals surface area (Å²) in [6, 6.07) is -0.0533. The third-order valence-corrected chi connectivity index (χ3v) is 2.72.